The summed E-state index contributed by atoms with van der Waals surface area (Å²) in [6.45, 7) is 8.15. The maximum absolute atomic E-state index is 11.1. The molecule has 0 heterocycles. The zero-order valence-electron chi connectivity index (χ0n) is 12.1. The number of rotatable bonds is 4. The zero-order chi connectivity index (χ0) is 14.7. The van der Waals surface area contributed by atoms with Gasteiger partial charge in [-0.15, -0.1) is 0 Å². The molecule has 0 saturated heterocycles. The highest BCUT2D eigenvalue weighted by Crippen LogP contribution is 2.39. The van der Waals surface area contributed by atoms with Gasteiger partial charge < -0.3 is 4.79 Å². The zero-order valence-corrected chi connectivity index (χ0v) is 12.1. The molecule has 0 amide bonds. The first kappa shape index (κ1) is 14.3. The monoisotopic (exact) mass is 265 g/mol. The molecular weight excluding hydrogens is 246 g/mol. The Bertz CT molecular complexity index is 632. The van der Waals surface area contributed by atoms with Crippen LogP contribution in [0.1, 0.15) is 48.4 Å². The highest BCUT2D eigenvalue weighted by molar-refractivity contribution is 5.79. The number of allylic oxidation sites excluding steroid dienone is 3. The largest absolute Gasteiger partial charge is 0.303 e. The standard InChI is InChI=1S/C18H19NO/c1-12(2)13(3)16-7-6-14-4-5-15(8-10-19)18(14)17(16)9-11-20/h6-8,11,13H,1,4-5,9H2,2-3H3. The van der Waals surface area contributed by atoms with E-state index in [1.54, 1.807) is 6.08 Å². The van der Waals surface area contributed by atoms with Crippen molar-refractivity contribution in [3.63, 3.8) is 0 Å². The first-order chi connectivity index (χ1) is 9.60. The summed E-state index contributed by atoms with van der Waals surface area (Å²) in [5, 5.41) is 8.93. The molecule has 1 aromatic rings. The Morgan fingerprint density at radius 1 is 1.50 bits per heavy atom. The van der Waals surface area contributed by atoms with Gasteiger partial charge in [0, 0.05) is 18.4 Å². The van der Waals surface area contributed by atoms with Crippen LogP contribution < -0.4 is 0 Å². The number of hydrogen-bond acceptors (Lipinski definition) is 2. The van der Waals surface area contributed by atoms with Gasteiger partial charge in [-0.1, -0.05) is 31.2 Å². The second-order valence-corrected chi connectivity index (χ2v) is 5.40. The van der Waals surface area contributed by atoms with Gasteiger partial charge in [-0.3, -0.25) is 0 Å². The molecule has 2 heteroatoms. The van der Waals surface area contributed by atoms with Crippen LogP contribution in [0, 0.1) is 11.3 Å². The van der Waals surface area contributed by atoms with E-state index in [1.807, 2.05) is 6.92 Å². The normalized spacial score (nSPS) is 16.6. The second-order valence-electron chi connectivity index (χ2n) is 5.40. The van der Waals surface area contributed by atoms with E-state index in [4.69, 9.17) is 5.26 Å². The molecule has 0 fully saturated rings. The lowest BCUT2D eigenvalue weighted by atomic mass is 9.85. The molecule has 0 spiro atoms. The molecule has 1 atom stereocenters. The molecule has 0 aromatic heterocycles. The molecule has 20 heavy (non-hydrogen) atoms. The molecule has 1 aromatic carbocycles. The van der Waals surface area contributed by atoms with Crippen molar-refractivity contribution in [2.24, 2.45) is 0 Å². The first-order valence-electron chi connectivity index (χ1n) is 6.92. The van der Waals surface area contributed by atoms with Crippen LogP contribution in [0.5, 0.6) is 0 Å². The number of aryl methyl sites for hydroxylation is 1. The van der Waals surface area contributed by atoms with Crippen molar-refractivity contribution < 1.29 is 4.79 Å². The Balaban J connectivity index is 2.66. The van der Waals surface area contributed by atoms with Crippen molar-refractivity contribution in [3.8, 4) is 6.07 Å². The maximum Gasteiger partial charge on any atom is 0.124 e. The molecule has 0 bridgehead atoms. The van der Waals surface area contributed by atoms with Crippen molar-refractivity contribution in [3.05, 3.63) is 52.6 Å². The molecule has 2 nitrogen and oxygen atoms in total. The van der Waals surface area contributed by atoms with Gasteiger partial charge >= 0.3 is 0 Å². The Morgan fingerprint density at radius 2 is 2.25 bits per heavy atom. The van der Waals surface area contributed by atoms with Crippen LogP contribution in [0.2, 0.25) is 0 Å². The lowest BCUT2D eigenvalue weighted by Gasteiger charge is -2.19. The number of benzene rings is 1. The smallest absolute Gasteiger partial charge is 0.124 e. The lowest BCUT2D eigenvalue weighted by molar-refractivity contribution is -0.107. The third kappa shape index (κ3) is 2.44. The predicted octanol–water partition coefficient (Wildman–Crippen LogP) is 3.96. The summed E-state index contributed by atoms with van der Waals surface area (Å²) in [4.78, 5) is 11.1. The van der Waals surface area contributed by atoms with Gasteiger partial charge in [0.05, 0.1) is 6.07 Å². The van der Waals surface area contributed by atoms with Crippen LogP contribution in [0.15, 0.2) is 30.4 Å². The van der Waals surface area contributed by atoms with E-state index in [0.29, 0.717) is 6.42 Å². The van der Waals surface area contributed by atoms with Crippen molar-refractivity contribution in [2.45, 2.75) is 39.0 Å². The predicted molar refractivity (Wildman–Crippen MR) is 81.4 cm³/mol. The van der Waals surface area contributed by atoms with Gasteiger partial charge in [0.2, 0.25) is 0 Å². The summed E-state index contributed by atoms with van der Waals surface area (Å²) < 4.78 is 0. The van der Waals surface area contributed by atoms with Gasteiger partial charge in [0.15, 0.2) is 0 Å². The minimum Gasteiger partial charge on any atom is -0.303 e. The number of carbonyl (C=O) groups excluding carboxylic acids is 1. The first-order valence-corrected chi connectivity index (χ1v) is 6.92. The summed E-state index contributed by atoms with van der Waals surface area (Å²) >= 11 is 0. The van der Waals surface area contributed by atoms with Gasteiger partial charge in [0.1, 0.15) is 6.29 Å². The maximum atomic E-state index is 11.1. The average molecular weight is 265 g/mol. The third-order valence-corrected chi connectivity index (χ3v) is 4.15. The van der Waals surface area contributed by atoms with Crippen molar-refractivity contribution >= 4 is 11.9 Å². The molecule has 0 saturated carbocycles. The fraction of sp³-hybridized carbons (Fsp3) is 0.333. The summed E-state index contributed by atoms with van der Waals surface area (Å²) in [5.41, 5.74) is 6.77. The van der Waals surface area contributed by atoms with E-state index < -0.39 is 0 Å². The lowest BCUT2D eigenvalue weighted by Crippen LogP contribution is -2.05. The van der Waals surface area contributed by atoms with Gasteiger partial charge in [-0.05, 0) is 47.6 Å². The van der Waals surface area contributed by atoms with E-state index in [2.05, 4.69) is 31.7 Å². The van der Waals surface area contributed by atoms with Crippen LogP contribution >= 0.6 is 0 Å². The summed E-state index contributed by atoms with van der Waals surface area (Å²) in [6.07, 6.45) is 4.82. The topological polar surface area (TPSA) is 40.9 Å². The number of fused-ring (bicyclic) bond motifs is 1. The fourth-order valence-corrected chi connectivity index (χ4v) is 2.91. The number of carbonyl (C=O) groups is 1. The van der Waals surface area contributed by atoms with Crippen molar-refractivity contribution in [1.82, 2.24) is 0 Å². The third-order valence-electron chi connectivity index (χ3n) is 4.15. The second kappa shape index (κ2) is 5.88. The highest BCUT2D eigenvalue weighted by atomic mass is 16.1. The van der Waals surface area contributed by atoms with Crippen LogP contribution in [0.3, 0.4) is 0 Å². The van der Waals surface area contributed by atoms with Crippen molar-refractivity contribution in [2.75, 3.05) is 0 Å². The number of nitriles is 1. The summed E-state index contributed by atoms with van der Waals surface area (Å²) in [7, 11) is 0. The molecule has 0 N–H and O–H groups in total. The van der Waals surface area contributed by atoms with E-state index in [0.717, 1.165) is 47.0 Å². The molecule has 2 rings (SSSR count). The average Bonchev–Trinajstić information content (AvgIpc) is 2.82. The van der Waals surface area contributed by atoms with Gasteiger partial charge in [0.25, 0.3) is 0 Å². The van der Waals surface area contributed by atoms with E-state index in [1.165, 1.54) is 5.56 Å². The molecule has 102 valence electrons. The van der Waals surface area contributed by atoms with Gasteiger partial charge in [-0.2, -0.15) is 5.26 Å². The van der Waals surface area contributed by atoms with Gasteiger partial charge in [-0.25, -0.2) is 0 Å². The molecule has 0 aliphatic heterocycles. The van der Waals surface area contributed by atoms with Crippen molar-refractivity contribution in [1.29, 1.82) is 5.26 Å². The van der Waals surface area contributed by atoms with E-state index in [-0.39, 0.29) is 5.92 Å². The van der Waals surface area contributed by atoms with E-state index >= 15 is 0 Å². The number of hydrogen-bond donors (Lipinski definition) is 0. The highest BCUT2D eigenvalue weighted by Gasteiger charge is 2.23. The fourth-order valence-electron chi connectivity index (χ4n) is 2.91. The van der Waals surface area contributed by atoms with Crippen LogP contribution in [0.25, 0.3) is 5.57 Å². The number of aldehydes is 1. The minimum atomic E-state index is 0.221. The summed E-state index contributed by atoms with van der Waals surface area (Å²) in [5.74, 6) is 0.221. The molecule has 1 aliphatic rings. The molecule has 1 aliphatic carbocycles. The Labute approximate surface area is 120 Å². The Morgan fingerprint density at radius 3 is 2.85 bits per heavy atom. The minimum absolute atomic E-state index is 0.221. The molecule has 0 radical (unpaired) electrons. The van der Waals surface area contributed by atoms with Crippen LogP contribution in [0.4, 0.5) is 0 Å². The van der Waals surface area contributed by atoms with E-state index in [9.17, 15) is 4.79 Å². The summed E-state index contributed by atoms with van der Waals surface area (Å²) in [6, 6.07) is 6.38. The van der Waals surface area contributed by atoms with Crippen LogP contribution in [-0.2, 0) is 17.6 Å². The molecule has 1 unspecified atom stereocenters. The Hall–Kier alpha value is -2.14. The SMILES string of the molecule is C=C(C)C(C)c1ccc2c(c1CC=O)C(=CC#N)CC2. The molecular formula is C18H19NO. The quantitative estimate of drug-likeness (QED) is 0.469. The Kier molecular flexibility index (Phi) is 4.20. The number of nitrogens with zero attached hydrogens (tertiary/aromatic N) is 1. The van der Waals surface area contributed by atoms with Crippen LogP contribution in [-0.4, -0.2) is 6.29 Å².